The Kier molecular flexibility index (Phi) is 19.5. The molecular weight excluding hydrogens is 156 g/mol. The summed E-state index contributed by atoms with van der Waals surface area (Å²) >= 11 is 0. The highest BCUT2D eigenvalue weighted by atomic mass is 16.5. The van der Waals surface area contributed by atoms with Crippen molar-refractivity contribution in [3.05, 3.63) is 0 Å². The van der Waals surface area contributed by atoms with Gasteiger partial charge < -0.3 is 15.4 Å². The fourth-order valence-electron chi connectivity index (χ4n) is 0.604. The van der Waals surface area contributed by atoms with Crippen molar-refractivity contribution in [1.82, 2.24) is 10.6 Å². The van der Waals surface area contributed by atoms with Crippen LogP contribution in [0.2, 0.25) is 0 Å². The first-order valence-electron chi connectivity index (χ1n) is 4.29. The molecule has 74 valence electrons. The molecule has 12 heavy (non-hydrogen) atoms. The van der Waals surface area contributed by atoms with Crippen molar-refractivity contribution in [3.63, 3.8) is 0 Å². The van der Waals surface area contributed by atoms with Gasteiger partial charge in [-0.3, -0.25) is 4.79 Å². The molecule has 1 rings (SSSR count). The molecule has 0 bridgehead atoms. The van der Waals surface area contributed by atoms with Crippen LogP contribution in [0, 0.1) is 0 Å². The largest absolute Gasteiger partial charge is 0.471 e. The molecule has 1 saturated heterocycles. The van der Waals surface area contributed by atoms with Crippen LogP contribution in [0.25, 0.3) is 0 Å². The average molecular weight is 176 g/mol. The van der Waals surface area contributed by atoms with E-state index < -0.39 is 0 Å². The molecule has 4 nitrogen and oxygen atoms in total. The van der Waals surface area contributed by atoms with Crippen LogP contribution in [-0.2, 0) is 9.53 Å². The van der Waals surface area contributed by atoms with Gasteiger partial charge in [0.05, 0.1) is 7.11 Å². The summed E-state index contributed by atoms with van der Waals surface area (Å²) in [4.78, 5) is 8.95. The third-order valence-corrected chi connectivity index (χ3v) is 1.05. The standard InChI is InChI=1S/C4H10N2.C2H4O2.C2H6/c1-2-6-4-3-5-1;1-4-2-3;1-2/h5-6H,1-4H2;2H,1H3;1-2H3. The molecule has 4 heteroatoms. The molecule has 0 spiro atoms. The summed E-state index contributed by atoms with van der Waals surface area (Å²) in [6, 6.07) is 0. The smallest absolute Gasteiger partial charge is 0.292 e. The van der Waals surface area contributed by atoms with Crippen LogP contribution < -0.4 is 10.6 Å². The van der Waals surface area contributed by atoms with Gasteiger partial charge in [0.25, 0.3) is 6.47 Å². The molecule has 0 saturated carbocycles. The lowest BCUT2D eigenvalue weighted by Gasteiger charge is -2.11. The molecule has 0 aromatic rings. The molecule has 0 amide bonds. The summed E-state index contributed by atoms with van der Waals surface area (Å²) in [6.45, 7) is 8.93. The fraction of sp³-hybridized carbons (Fsp3) is 0.875. The van der Waals surface area contributed by atoms with Crippen LogP contribution in [0.5, 0.6) is 0 Å². The van der Waals surface area contributed by atoms with Crippen molar-refractivity contribution < 1.29 is 9.53 Å². The summed E-state index contributed by atoms with van der Waals surface area (Å²) in [7, 11) is 1.31. The van der Waals surface area contributed by atoms with E-state index in [4.69, 9.17) is 4.79 Å². The van der Waals surface area contributed by atoms with Crippen LogP contribution in [0.3, 0.4) is 0 Å². The lowest BCUT2D eigenvalue weighted by atomic mass is 10.4. The second kappa shape index (κ2) is 16.8. The zero-order valence-corrected chi connectivity index (χ0v) is 8.22. The summed E-state index contributed by atoms with van der Waals surface area (Å²) in [6.07, 6.45) is 0. The van der Waals surface area contributed by atoms with Gasteiger partial charge in [-0.15, -0.1) is 0 Å². The summed E-state index contributed by atoms with van der Waals surface area (Å²) in [5.41, 5.74) is 0. The highest BCUT2D eigenvalue weighted by Gasteiger charge is 1.91. The number of methoxy groups -OCH3 is 1. The minimum Gasteiger partial charge on any atom is -0.471 e. The monoisotopic (exact) mass is 176 g/mol. The maximum Gasteiger partial charge on any atom is 0.292 e. The van der Waals surface area contributed by atoms with Gasteiger partial charge in [0.15, 0.2) is 0 Å². The number of carbonyl (C=O) groups is 1. The molecule has 1 aliphatic heterocycles. The number of carbonyl (C=O) groups excluding carboxylic acids is 1. The number of nitrogens with one attached hydrogen (secondary N) is 2. The maximum atomic E-state index is 8.95. The Balaban J connectivity index is 0. The molecule has 1 aliphatic rings. The van der Waals surface area contributed by atoms with Crippen LogP contribution >= 0.6 is 0 Å². The van der Waals surface area contributed by atoms with Crippen molar-refractivity contribution in [3.8, 4) is 0 Å². The van der Waals surface area contributed by atoms with E-state index in [1.165, 1.54) is 7.11 Å². The van der Waals surface area contributed by atoms with Gasteiger partial charge >= 0.3 is 0 Å². The molecule has 0 aromatic heterocycles. The Morgan fingerprint density at radius 2 is 1.33 bits per heavy atom. The zero-order valence-electron chi connectivity index (χ0n) is 8.22. The van der Waals surface area contributed by atoms with Crippen molar-refractivity contribution in [1.29, 1.82) is 0 Å². The van der Waals surface area contributed by atoms with E-state index in [1.54, 1.807) is 0 Å². The first kappa shape index (κ1) is 13.9. The molecule has 0 radical (unpaired) electrons. The SMILES string of the molecule is C1CNCCN1.CC.COC=O. The zero-order chi connectivity index (χ0) is 9.66. The minimum absolute atomic E-state index is 0.375. The Morgan fingerprint density at radius 3 is 1.42 bits per heavy atom. The van der Waals surface area contributed by atoms with Crippen molar-refractivity contribution in [2.75, 3.05) is 33.3 Å². The minimum atomic E-state index is 0.375. The van der Waals surface area contributed by atoms with Gasteiger partial charge in [-0.1, -0.05) is 13.8 Å². The molecule has 2 N–H and O–H groups in total. The Bertz CT molecular complexity index is 63.9. The highest BCUT2D eigenvalue weighted by molar-refractivity contribution is 5.36. The first-order valence-corrected chi connectivity index (χ1v) is 4.29. The quantitative estimate of drug-likeness (QED) is 0.552. The van der Waals surface area contributed by atoms with Crippen LogP contribution in [-0.4, -0.2) is 39.8 Å². The Labute approximate surface area is 74.7 Å². The topological polar surface area (TPSA) is 50.4 Å². The molecule has 0 atom stereocenters. The number of hydrogen-bond donors (Lipinski definition) is 2. The van der Waals surface area contributed by atoms with E-state index in [1.807, 2.05) is 13.8 Å². The second-order valence-corrected chi connectivity index (χ2v) is 1.83. The number of hydrogen-bond acceptors (Lipinski definition) is 4. The average Bonchev–Trinajstić information content (AvgIpc) is 2.24. The van der Waals surface area contributed by atoms with E-state index >= 15 is 0 Å². The third-order valence-electron chi connectivity index (χ3n) is 1.05. The van der Waals surface area contributed by atoms with E-state index in [9.17, 15) is 0 Å². The van der Waals surface area contributed by atoms with Gasteiger partial charge in [0.1, 0.15) is 0 Å². The van der Waals surface area contributed by atoms with Gasteiger partial charge in [0.2, 0.25) is 0 Å². The lowest BCUT2D eigenvalue weighted by molar-refractivity contribution is -0.126. The Morgan fingerprint density at radius 1 is 1.08 bits per heavy atom. The second-order valence-electron chi connectivity index (χ2n) is 1.83. The van der Waals surface area contributed by atoms with Crippen molar-refractivity contribution >= 4 is 6.47 Å². The van der Waals surface area contributed by atoms with Gasteiger partial charge in [-0.2, -0.15) is 0 Å². The van der Waals surface area contributed by atoms with E-state index in [-0.39, 0.29) is 0 Å². The predicted octanol–water partition coefficient (Wildman–Crippen LogP) is -0.00540. The summed E-state index contributed by atoms with van der Waals surface area (Å²) in [5.74, 6) is 0. The number of piperazine rings is 1. The van der Waals surface area contributed by atoms with Gasteiger partial charge in [-0.25, -0.2) is 0 Å². The van der Waals surface area contributed by atoms with Crippen LogP contribution in [0.1, 0.15) is 13.8 Å². The van der Waals surface area contributed by atoms with E-state index in [0.29, 0.717) is 6.47 Å². The van der Waals surface area contributed by atoms with Crippen LogP contribution in [0.4, 0.5) is 0 Å². The molecule has 0 unspecified atom stereocenters. The number of ether oxygens (including phenoxy) is 1. The predicted molar refractivity (Wildman–Crippen MR) is 50.2 cm³/mol. The molecular formula is C8H20N2O2. The molecule has 0 aromatic carbocycles. The fourth-order valence-corrected chi connectivity index (χ4v) is 0.604. The van der Waals surface area contributed by atoms with E-state index in [0.717, 1.165) is 26.2 Å². The Hall–Kier alpha value is -0.610. The lowest BCUT2D eigenvalue weighted by Crippen LogP contribution is -2.39. The van der Waals surface area contributed by atoms with Crippen molar-refractivity contribution in [2.45, 2.75) is 13.8 Å². The molecule has 0 aliphatic carbocycles. The third kappa shape index (κ3) is 16.2. The maximum absolute atomic E-state index is 8.95. The van der Waals surface area contributed by atoms with Crippen LogP contribution in [0.15, 0.2) is 0 Å². The summed E-state index contributed by atoms with van der Waals surface area (Å²) < 4.78 is 3.86. The van der Waals surface area contributed by atoms with E-state index in [2.05, 4.69) is 15.4 Å². The first-order chi connectivity index (χ1) is 5.91. The highest BCUT2D eigenvalue weighted by Crippen LogP contribution is 1.65. The van der Waals surface area contributed by atoms with Crippen molar-refractivity contribution in [2.24, 2.45) is 0 Å². The molecule has 1 heterocycles. The van der Waals surface area contributed by atoms with Gasteiger partial charge in [-0.05, 0) is 0 Å². The summed E-state index contributed by atoms with van der Waals surface area (Å²) in [5, 5.41) is 6.44. The normalized spacial score (nSPS) is 14.2. The van der Waals surface area contributed by atoms with Gasteiger partial charge in [0, 0.05) is 26.2 Å². The molecule has 1 fully saturated rings. The number of rotatable bonds is 1.